The minimum atomic E-state index is -0.540. The molecule has 0 unspecified atom stereocenters. The lowest BCUT2D eigenvalue weighted by atomic mass is 10.1. The maximum atomic E-state index is 12.8. The van der Waals surface area contributed by atoms with Crippen molar-refractivity contribution in [3.8, 4) is 5.75 Å². The molecule has 0 aliphatic heterocycles. The van der Waals surface area contributed by atoms with Gasteiger partial charge in [-0.15, -0.1) is 0 Å². The molecule has 9 heteroatoms. The van der Waals surface area contributed by atoms with E-state index in [9.17, 15) is 9.59 Å². The molecule has 0 bridgehead atoms. The number of carbonyl (C=O) groups excluding carboxylic acids is 2. The lowest BCUT2D eigenvalue weighted by Crippen LogP contribution is -2.20. The highest BCUT2D eigenvalue weighted by Crippen LogP contribution is 2.33. The van der Waals surface area contributed by atoms with Crippen LogP contribution in [0.1, 0.15) is 36.3 Å². The van der Waals surface area contributed by atoms with Gasteiger partial charge in [0.1, 0.15) is 18.0 Å². The van der Waals surface area contributed by atoms with Gasteiger partial charge in [0.15, 0.2) is 5.69 Å². The topological polar surface area (TPSA) is 104 Å². The van der Waals surface area contributed by atoms with E-state index in [1.165, 1.54) is 14.2 Å². The Morgan fingerprint density at radius 2 is 1.89 bits per heavy atom. The Labute approximate surface area is 211 Å². The average molecular weight is 495 g/mol. The number of hydrogen-bond donors (Lipinski definition) is 2. The zero-order valence-corrected chi connectivity index (χ0v) is 21.5. The van der Waals surface area contributed by atoms with Crippen molar-refractivity contribution in [2.24, 2.45) is 5.92 Å². The predicted octanol–water partition coefficient (Wildman–Crippen LogP) is 4.59. The molecule has 0 atom stereocenters. The minimum absolute atomic E-state index is 0.138. The van der Waals surface area contributed by atoms with E-state index in [1.807, 2.05) is 47.1 Å². The van der Waals surface area contributed by atoms with Gasteiger partial charge in [0.2, 0.25) is 5.91 Å². The number of nitrogens with zero attached hydrogens (tertiary/aromatic N) is 2. The van der Waals surface area contributed by atoms with Crippen LogP contribution >= 0.6 is 0 Å². The van der Waals surface area contributed by atoms with Crippen molar-refractivity contribution in [1.29, 1.82) is 0 Å². The molecular formula is C27H34N4O5. The van der Waals surface area contributed by atoms with Gasteiger partial charge in [0.25, 0.3) is 0 Å². The van der Waals surface area contributed by atoms with Crippen LogP contribution in [0.5, 0.6) is 5.75 Å². The number of benzene rings is 1. The first kappa shape index (κ1) is 26.7. The SMILES string of the molecule is COCC(=O)Nc1c(C(=O)OC)n(CCC(C)C)c2ncc(NCC=Cc3ccc(OC)cc3)cc12. The molecule has 2 N–H and O–H groups in total. The second-order valence-electron chi connectivity index (χ2n) is 8.68. The monoisotopic (exact) mass is 494 g/mol. The Bertz CT molecular complexity index is 1220. The average Bonchev–Trinajstić information content (AvgIpc) is 3.17. The summed E-state index contributed by atoms with van der Waals surface area (Å²) in [5.41, 5.74) is 3.04. The molecule has 0 radical (unpaired) electrons. The fraction of sp³-hybridized carbons (Fsp3) is 0.370. The van der Waals surface area contributed by atoms with Crippen LogP contribution in [0.4, 0.5) is 11.4 Å². The Morgan fingerprint density at radius 3 is 2.53 bits per heavy atom. The van der Waals surface area contributed by atoms with Gasteiger partial charge in [-0.25, -0.2) is 9.78 Å². The van der Waals surface area contributed by atoms with Gasteiger partial charge in [-0.05, 0) is 36.1 Å². The quantitative estimate of drug-likeness (QED) is 0.355. The van der Waals surface area contributed by atoms with E-state index in [4.69, 9.17) is 14.2 Å². The Kier molecular flexibility index (Phi) is 9.46. The van der Waals surface area contributed by atoms with Crippen LogP contribution in [-0.2, 0) is 20.8 Å². The number of esters is 1. The molecule has 3 aromatic rings. The van der Waals surface area contributed by atoms with Gasteiger partial charge in [-0.1, -0.05) is 38.1 Å². The Balaban J connectivity index is 1.92. The number of aromatic nitrogens is 2. The molecule has 1 amide bonds. The number of fused-ring (bicyclic) bond motifs is 1. The summed E-state index contributed by atoms with van der Waals surface area (Å²) in [5, 5.41) is 6.79. The molecular weight excluding hydrogens is 460 g/mol. The number of carbonyl (C=O) groups is 2. The molecule has 2 heterocycles. The Morgan fingerprint density at radius 1 is 1.14 bits per heavy atom. The number of aryl methyl sites for hydroxylation is 1. The number of amides is 1. The summed E-state index contributed by atoms with van der Waals surface area (Å²) < 4.78 is 17.0. The molecule has 3 rings (SSSR count). The second kappa shape index (κ2) is 12.7. The van der Waals surface area contributed by atoms with Crippen LogP contribution in [0, 0.1) is 5.92 Å². The third-order valence-electron chi connectivity index (χ3n) is 5.60. The highest BCUT2D eigenvalue weighted by molar-refractivity contribution is 6.11. The molecule has 192 valence electrons. The number of ether oxygens (including phenoxy) is 3. The summed E-state index contributed by atoms with van der Waals surface area (Å²) in [6, 6.07) is 9.66. The lowest BCUT2D eigenvalue weighted by Gasteiger charge is -2.12. The van der Waals surface area contributed by atoms with Crippen LogP contribution in [-0.4, -0.2) is 55.9 Å². The van der Waals surface area contributed by atoms with Crippen molar-refractivity contribution >= 4 is 40.4 Å². The summed E-state index contributed by atoms with van der Waals surface area (Å²) in [6.07, 6.45) is 6.56. The number of anilines is 2. The van der Waals surface area contributed by atoms with Gasteiger partial charge in [-0.3, -0.25) is 4.79 Å². The van der Waals surface area contributed by atoms with E-state index < -0.39 is 5.97 Å². The summed E-state index contributed by atoms with van der Waals surface area (Å²) in [5.74, 6) is 0.315. The molecule has 0 saturated heterocycles. The molecule has 36 heavy (non-hydrogen) atoms. The van der Waals surface area contributed by atoms with Crippen molar-refractivity contribution in [3.63, 3.8) is 0 Å². The normalized spacial score (nSPS) is 11.3. The smallest absolute Gasteiger partial charge is 0.356 e. The first-order valence-electron chi connectivity index (χ1n) is 11.8. The van der Waals surface area contributed by atoms with Crippen molar-refractivity contribution in [2.45, 2.75) is 26.8 Å². The Hall–Kier alpha value is -3.85. The predicted molar refractivity (Wildman–Crippen MR) is 142 cm³/mol. The second-order valence-corrected chi connectivity index (χ2v) is 8.68. The maximum absolute atomic E-state index is 12.8. The molecule has 2 aromatic heterocycles. The van der Waals surface area contributed by atoms with Crippen LogP contribution in [0.2, 0.25) is 0 Å². The van der Waals surface area contributed by atoms with Gasteiger partial charge in [-0.2, -0.15) is 0 Å². The molecule has 0 fully saturated rings. The third kappa shape index (κ3) is 6.63. The first-order valence-corrected chi connectivity index (χ1v) is 11.8. The summed E-state index contributed by atoms with van der Waals surface area (Å²) in [7, 11) is 4.40. The number of methoxy groups -OCH3 is 3. The van der Waals surface area contributed by atoms with Crippen molar-refractivity contribution in [2.75, 3.05) is 45.1 Å². The summed E-state index contributed by atoms with van der Waals surface area (Å²) >= 11 is 0. The van der Waals surface area contributed by atoms with E-state index >= 15 is 0 Å². The molecule has 1 aromatic carbocycles. The fourth-order valence-electron chi connectivity index (χ4n) is 3.76. The van der Waals surface area contributed by atoms with E-state index in [-0.39, 0.29) is 18.2 Å². The van der Waals surface area contributed by atoms with Crippen LogP contribution < -0.4 is 15.4 Å². The summed E-state index contributed by atoms with van der Waals surface area (Å²) in [4.78, 5) is 29.8. The molecule has 0 saturated carbocycles. The highest BCUT2D eigenvalue weighted by atomic mass is 16.5. The molecule has 9 nitrogen and oxygen atoms in total. The zero-order valence-electron chi connectivity index (χ0n) is 21.5. The van der Waals surface area contributed by atoms with Gasteiger partial charge >= 0.3 is 5.97 Å². The van der Waals surface area contributed by atoms with Crippen molar-refractivity contribution < 1.29 is 23.8 Å². The molecule has 0 spiro atoms. The van der Waals surface area contributed by atoms with Crippen molar-refractivity contribution in [1.82, 2.24) is 9.55 Å². The minimum Gasteiger partial charge on any atom is -0.497 e. The van der Waals surface area contributed by atoms with E-state index in [0.717, 1.165) is 23.4 Å². The van der Waals surface area contributed by atoms with Crippen LogP contribution in [0.15, 0.2) is 42.6 Å². The third-order valence-corrected chi connectivity index (χ3v) is 5.60. The number of rotatable bonds is 12. The standard InChI is InChI=1S/C27H34N4O5/c1-18(2)12-14-31-25(27(33)36-5)24(30-23(32)17-34-3)22-15-20(16-29-26(22)31)28-13-6-7-19-8-10-21(35-4)11-9-19/h6-11,15-16,18,28H,12-14,17H2,1-5H3,(H,30,32). The largest absolute Gasteiger partial charge is 0.497 e. The van der Waals surface area contributed by atoms with Gasteiger partial charge < -0.3 is 29.4 Å². The van der Waals surface area contributed by atoms with Crippen molar-refractivity contribution in [3.05, 3.63) is 53.9 Å². The van der Waals surface area contributed by atoms with Crippen LogP contribution in [0.25, 0.3) is 17.1 Å². The first-order chi connectivity index (χ1) is 17.4. The van der Waals surface area contributed by atoms with Gasteiger partial charge in [0.05, 0.1) is 31.8 Å². The zero-order chi connectivity index (χ0) is 26.1. The molecule has 0 aliphatic rings. The summed E-state index contributed by atoms with van der Waals surface area (Å²) in [6.45, 7) is 5.20. The molecule has 0 aliphatic carbocycles. The fourth-order valence-corrected chi connectivity index (χ4v) is 3.76. The van der Waals surface area contributed by atoms with E-state index in [2.05, 4.69) is 29.5 Å². The van der Waals surface area contributed by atoms with Gasteiger partial charge in [0, 0.05) is 25.6 Å². The highest BCUT2D eigenvalue weighted by Gasteiger charge is 2.26. The van der Waals surface area contributed by atoms with E-state index in [0.29, 0.717) is 35.7 Å². The lowest BCUT2D eigenvalue weighted by molar-refractivity contribution is -0.119. The number of nitrogens with one attached hydrogen (secondary N) is 2. The number of hydrogen-bond acceptors (Lipinski definition) is 7. The maximum Gasteiger partial charge on any atom is 0.356 e. The number of pyridine rings is 1. The van der Waals surface area contributed by atoms with E-state index in [1.54, 1.807) is 13.3 Å². The van der Waals surface area contributed by atoms with Crippen LogP contribution in [0.3, 0.4) is 0 Å².